The molecule has 0 aromatic heterocycles. The third kappa shape index (κ3) is 2.06. The van der Waals surface area contributed by atoms with E-state index in [0.717, 1.165) is 18.5 Å². The van der Waals surface area contributed by atoms with Crippen LogP contribution in [0.2, 0.25) is 0 Å². The molecule has 3 rings (SSSR count). The lowest BCUT2D eigenvalue weighted by atomic mass is 10.1. The molecule has 2 N–H and O–H groups in total. The van der Waals surface area contributed by atoms with Gasteiger partial charge in [-0.2, -0.15) is 0 Å². The van der Waals surface area contributed by atoms with Gasteiger partial charge in [0.2, 0.25) is 0 Å². The van der Waals surface area contributed by atoms with Gasteiger partial charge in [-0.05, 0) is 24.9 Å². The molecular weight excluding hydrogens is 184 g/mol. The highest BCUT2D eigenvalue weighted by atomic mass is 15.1. The Labute approximate surface area is 91.1 Å². The van der Waals surface area contributed by atoms with Gasteiger partial charge in [0.25, 0.3) is 0 Å². The van der Waals surface area contributed by atoms with E-state index < -0.39 is 0 Å². The topological polar surface area (TPSA) is 24.1 Å². The van der Waals surface area contributed by atoms with Gasteiger partial charge < -0.3 is 10.6 Å². The summed E-state index contributed by atoms with van der Waals surface area (Å²) in [5, 5.41) is 7.14. The average molecular weight is 202 g/mol. The number of hydrogen-bond acceptors (Lipinski definition) is 2. The maximum absolute atomic E-state index is 3.74. The van der Waals surface area contributed by atoms with Crippen molar-refractivity contribution in [2.75, 3.05) is 13.1 Å². The van der Waals surface area contributed by atoms with Crippen molar-refractivity contribution in [2.24, 2.45) is 0 Å². The lowest BCUT2D eigenvalue weighted by molar-refractivity contribution is 0.537. The first-order valence-electron chi connectivity index (χ1n) is 5.95. The fourth-order valence-corrected chi connectivity index (χ4v) is 2.55. The molecule has 2 heteroatoms. The lowest BCUT2D eigenvalue weighted by Gasteiger charge is -2.10. The van der Waals surface area contributed by atoms with E-state index in [-0.39, 0.29) is 0 Å². The third-order valence-corrected chi connectivity index (χ3v) is 3.53. The smallest absolute Gasteiger partial charge is 0.0207 e. The second kappa shape index (κ2) is 3.95. The van der Waals surface area contributed by atoms with Crippen molar-refractivity contribution in [3.63, 3.8) is 0 Å². The van der Waals surface area contributed by atoms with E-state index in [1.807, 2.05) is 0 Å². The molecule has 1 aromatic rings. The van der Waals surface area contributed by atoms with Gasteiger partial charge in [0.05, 0.1) is 0 Å². The van der Waals surface area contributed by atoms with Crippen LogP contribution in [0.4, 0.5) is 0 Å². The van der Waals surface area contributed by atoms with Crippen LogP contribution in [0.25, 0.3) is 0 Å². The summed E-state index contributed by atoms with van der Waals surface area (Å²) in [6.07, 6.45) is 2.61. The first kappa shape index (κ1) is 9.37. The predicted molar refractivity (Wildman–Crippen MR) is 62.0 cm³/mol. The number of benzene rings is 1. The van der Waals surface area contributed by atoms with E-state index in [4.69, 9.17) is 0 Å². The van der Waals surface area contributed by atoms with Crippen LogP contribution >= 0.6 is 0 Å². The lowest BCUT2D eigenvalue weighted by Crippen LogP contribution is -2.33. The van der Waals surface area contributed by atoms with Crippen LogP contribution in [0.1, 0.15) is 24.3 Å². The summed E-state index contributed by atoms with van der Waals surface area (Å²) in [5.74, 6) is 0.770. The Hall–Kier alpha value is -0.860. The van der Waals surface area contributed by atoms with E-state index in [2.05, 4.69) is 41.0 Å². The number of hydrogen-bond donors (Lipinski definition) is 2. The second-order valence-electron chi connectivity index (χ2n) is 4.72. The van der Waals surface area contributed by atoms with Crippen LogP contribution in [0, 0.1) is 0 Å². The van der Waals surface area contributed by atoms with Crippen LogP contribution < -0.4 is 10.6 Å². The Bertz CT molecular complexity index is 317. The van der Waals surface area contributed by atoms with Crippen LogP contribution in [-0.4, -0.2) is 25.2 Å². The van der Waals surface area contributed by atoms with Crippen LogP contribution in [-0.2, 0) is 0 Å². The first-order valence-corrected chi connectivity index (χ1v) is 5.95. The second-order valence-corrected chi connectivity index (χ2v) is 4.72. The van der Waals surface area contributed by atoms with E-state index in [1.165, 1.54) is 24.9 Å². The van der Waals surface area contributed by atoms with Gasteiger partial charge in [0.15, 0.2) is 0 Å². The molecule has 1 aliphatic heterocycles. The van der Waals surface area contributed by atoms with Gasteiger partial charge in [-0.15, -0.1) is 0 Å². The molecule has 3 atom stereocenters. The highest BCUT2D eigenvalue weighted by Crippen LogP contribution is 2.40. The van der Waals surface area contributed by atoms with Crippen molar-refractivity contribution in [2.45, 2.75) is 30.8 Å². The van der Waals surface area contributed by atoms with Crippen LogP contribution in [0.3, 0.4) is 0 Å². The molecule has 2 aliphatic rings. The molecule has 1 aliphatic carbocycles. The quantitative estimate of drug-likeness (QED) is 0.776. The van der Waals surface area contributed by atoms with Crippen molar-refractivity contribution in [3.05, 3.63) is 35.9 Å². The summed E-state index contributed by atoms with van der Waals surface area (Å²) in [5.41, 5.74) is 1.50. The highest BCUT2D eigenvalue weighted by molar-refractivity contribution is 5.27. The van der Waals surface area contributed by atoms with E-state index in [9.17, 15) is 0 Å². The Morgan fingerprint density at radius 2 is 2.07 bits per heavy atom. The molecule has 0 radical (unpaired) electrons. The fraction of sp³-hybridized carbons (Fsp3) is 0.538. The van der Waals surface area contributed by atoms with E-state index >= 15 is 0 Å². The van der Waals surface area contributed by atoms with Gasteiger partial charge in [-0.1, -0.05) is 30.3 Å². The Morgan fingerprint density at radius 3 is 2.80 bits per heavy atom. The van der Waals surface area contributed by atoms with Crippen LogP contribution in [0.5, 0.6) is 0 Å². The molecular formula is C13H18N2. The summed E-state index contributed by atoms with van der Waals surface area (Å²) in [6, 6.07) is 12.3. The normalized spacial score (nSPS) is 34.3. The van der Waals surface area contributed by atoms with Gasteiger partial charge in [-0.25, -0.2) is 0 Å². The molecule has 80 valence electrons. The Kier molecular flexibility index (Phi) is 2.47. The molecule has 15 heavy (non-hydrogen) atoms. The molecule has 0 unspecified atom stereocenters. The van der Waals surface area contributed by atoms with Crippen molar-refractivity contribution in [3.8, 4) is 0 Å². The summed E-state index contributed by atoms with van der Waals surface area (Å²) in [4.78, 5) is 0. The monoisotopic (exact) mass is 202 g/mol. The highest BCUT2D eigenvalue weighted by Gasteiger charge is 2.39. The van der Waals surface area contributed by atoms with Crippen molar-refractivity contribution < 1.29 is 0 Å². The zero-order chi connectivity index (χ0) is 10.1. The molecule has 0 amide bonds. The van der Waals surface area contributed by atoms with E-state index in [1.54, 1.807) is 0 Å². The fourth-order valence-electron chi connectivity index (χ4n) is 2.55. The third-order valence-electron chi connectivity index (χ3n) is 3.53. The predicted octanol–water partition coefficient (Wildman–Crippen LogP) is 1.49. The largest absolute Gasteiger partial charge is 0.315 e. The van der Waals surface area contributed by atoms with Crippen molar-refractivity contribution in [1.29, 1.82) is 0 Å². The minimum atomic E-state index is 0.712. The molecule has 0 bridgehead atoms. The SMILES string of the molecule is c1ccc([C@H]2C[C@@H]2N[C@@H]2CCNC2)cc1. The molecule has 1 aromatic carbocycles. The minimum Gasteiger partial charge on any atom is -0.315 e. The maximum Gasteiger partial charge on any atom is 0.0207 e. The molecule has 1 heterocycles. The average Bonchev–Trinajstić information content (AvgIpc) is 2.84. The molecule has 2 fully saturated rings. The minimum absolute atomic E-state index is 0.712. The molecule has 2 nitrogen and oxygen atoms in total. The Morgan fingerprint density at radius 1 is 1.20 bits per heavy atom. The Balaban J connectivity index is 1.55. The van der Waals surface area contributed by atoms with Gasteiger partial charge >= 0.3 is 0 Å². The summed E-state index contributed by atoms with van der Waals surface area (Å²) < 4.78 is 0. The zero-order valence-electron chi connectivity index (χ0n) is 8.95. The van der Waals surface area contributed by atoms with Gasteiger partial charge in [0, 0.05) is 24.5 Å². The zero-order valence-corrected chi connectivity index (χ0v) is 8.95. The van der Waals surface area contributed by atoms with Crippen LogP contribution in [0.15, 0.2) is 30.3 Å². The molecule has 1 saturated carbocycles. The summed E-state index contributed by atoms with van der Waals surface area (Å²) in [6.45, 7) is 2.33. The van der Waals surface area contributed by atoms with Gasteiger partial charge in [-0.3, -0.25) is 0 Å². The van der Waals surface area contributed by atoms with Crippen molar-refractivity contribution in [1.82, 2.24) is 10.6 Å². The summed E-state index contributed by atoms with van der Waals surface area (Å²) in [7, 11) is 0. The summed E-state index contributed by atoms with van der Waals surface area (Å²) >= 11 is 0. The number of nitrogens with one attached hydrogen (secondary N) is 2. The molecule has 1 saturated heterocycles. The van der Waals surface area contributed by atoms with E-state index in [0.29, 0.717) is 6.04 Å². The van der Waals surface area contributed by atoms with Crippen molar-refractivity contribution >= 4 is 0 Å². The standard InChI is InChI=1S/C13H18N2/c1-2-4-10(5-3-1)12-8-13(12)15-11-6-7-14-9-11/h1-5,11-15H,6-9H2/t11-,12-,13+/m1/s1. The molecule has 0 spiro atoms. The first-order chi connectivity index (χ1) is 7.43. The van der Waals surface area contributed by atoms with Gasteiger partial charge in [0.1, 0.15) is 0 Å². The maximum atomic E-state index is 3.74. The number of rotatable bonds is 3.